The van der Waals surface area contributed by atoms with Crippen LogP contribution in [0.2, 0.25) is 5.02 Å². The van der Waals surface area contributed by atoms with Crippen LogP contribution >= 0.6 is 23.7 Å². The predicted molar refractivity (Wildman–Crippen MR) is 102 cm³/mol. The van der Waals surface area contributed by atoms with Crippen LogP contribution in [0.1, 0.15) is 12.5 Å². The molecule has 1 aromatic rings. The summed E-state index contributed by atoms with van der Waals surface area (Å²) in [4.78, 5) is 12.5. The first kappa shape index (κ1) is 21.6. The highest BCUT2D eigenvalue weighted by molar-refractivity contribution is 7.94. The third-order valence-electron chi connectivity index (χ3n) is 3.60. The number of carbonyl (C=O) groups is 1. The number of halogens is 2. The van der Waals surface area contributed by atoms with Gasteiger partial charge in [0.2, 0.25) is 0 Å². The van der Waals surface area contributed by atoms with E-state index >= 15 is 0 Å². The second-order valence-corrected chi connectivity index (χ2v) is 6.43. The third-order valence-corrected chi connectivity index (χ3v) is 4.39. The predicted octanol–water partition coefficient (Wildman–Crippen LogP) is 2.71. The van der Waals surface area contributed by atoms with Gasteiger partial charge in [-0.3, -0.25) is 4.79 Å². The minimum atomic E-state index is -0.823. The Hall–Kier alpha value is -1.68. The normalized spacial score (nSPS) is 14.5. The van der Waals surface area contributed by atoms with Crippen LogP contribution in [0.4, 0.5) is 3.89 Å². The first-order valence-electron chi connectivity index (χ1n) is 8.30. The molecule has 1 aromatic carbocycles. The fraction of sp³-hybridized carbons (Fsp3) is 0.471. The molecule has 0 radical (unpaired) electrons. The first-order valence-corrected chi connectivity index (χ1v) is 9.46. The Morgan fingerprint density at radius 1 is 1.48 bits per heavy atom. The second kappa shape index (κ2) is 11.2. The molecule has 7 nitrogen and oxygen atoms in total. The van der Waals surface area contributed by atoms with Gasteiger partial charge in [0, 0.05) is 12.2 Å². The van der Waals surface area contributed by atoms with Gasteiger partial charge in [0.1, 0.15) is 11.4 Å². The SMILES string of the molecule is CCOCCOC(CNC(=O)C1=C(c2ccc(OC)c(Cl)c2)OCN1)SF. The lowest BCUT2D eigenvalue weighted by Gasteiger charge is -2.14. The Balaban J connectivity index is 1.99. The number of nitrogens with one attached hydrogen (secondary N) is 2. The van der Waals surface area contributed by atoms with Gasteiger partial charge in [0.05, 0.1) is 44.0 Å². The van der Waals surface area contributed by atoms with Crippen LogP contribution in [0.5, 0.6) is 5.75 Å². The van der Waals surface area contributed by atoms with Gasteiger partial charge < -0.3 is 29.6 Å². The van der Waals surface area contributed by atoms with Gasteiger partial charge in [-0.25, -0.2) is 0 Å². The van der Waals surface area contributed by atoms with Crippen LogP contribution in [-0.2, 0) is 19.0 Å². The smallest absolute Gasteiger partial charge is 0.271 e. The summed E-state index contributed by atoms with van der Waals surface area (Å²) >= 11 is 6.16. The third kappa shape index (κ3) is 6.17. The maximum Gasteiger partial charge on any atom is 0.271 e. The Morgan fingerprint density at radius 2 is 2.30 bits per heavy atom. The zero-order chi connectivity index (χ0) is 19.6. The minimum Gasteiger partial charge on any atom is -0.495 e. The number of hydrogen-bond donors (Lipinski definition) is 2. The molecule has 10 heteroatoms. The second-order valence-electron chi connectivity index (χ2n) is 5.32. The van der Waals surface area contributed by atoms with Gasteiger partial charge in [-0.15, -0.1) is 0 Å². The molecular weight excluding hydrogens is 399 g/mol. The van der Waals surface area contributed by atoms with Crippen LogP contribution in [-0.4, -0.2) is 51.5 Å². The first-order chi connectivity index (χ1) is 13.1. The van der Waals surface area contributed by atoms with Crippen LogP contribution in [0.15, 0.2) is 23.9 Å². The highest BCUT2D eigenvalue weighted by Crippen LogP contribution is 2.30. The topological polar surface area (TPSA) is 78.1 Å². The van der Waals surface area contributed by atoms with E-state index in [0.717, 1.165) is 0 Å². The van der Waals surface area contributed by atoms with Gasteiger partial charge in [0.25, 0.3) is 5.91 Å². The Bertz CT molecular complexity index is 677. The van der Waals surface area contributed by atoms with E-state index in [1.165, 1.54) is 7.11 Å². The van der Waals surface area contributed by atoms with Crippen LogP contribution in [0.3, 0.4) is 0 Å². The lowest BCUT2D eigenvalue weighted by Crippen LogP contribution is -2.36. The molecule has 1 heterocycles. The summed E-state index contributed by atoms with van der Waals surface area (Å²) in [6.45, 7) is 3.17. The van der Waals surface area contributed by atoms with Gasteiger partial charge in [-0.2, -0.15) is 3.89 Å². The van der Waals surface area contributed by atoms with Crippen molar-refractivity contribution in [3.63, 3.8) is 0 Å². The van der Waals surface area contributed by atoms with Gasteiger partial charge >= 0.3 is 0 Å². The van der Waals surface area contributed by atoms with E-state index in [1.807, 2.05) is 6.92 Å². The van der Waals surface area contributed by atoms with E-state index in [1.54, 1.807) is 18.2 Å². The van der Waals surface area contributed by atoms with E-state index in [2.05, 4.69) is 10.6 Å². The molecule has 0 aromatic heterocycles. The van der Waals surface area contributed by atoms with Gasteiger partial charge in [0.15, 0.2) is 17.9 Å². The zero-order valence-electron chi connectivity index (χ0n) is 15.1. The Morgan fingerprint density at radius 3 is 2.96 bits per heavy atom. The summed E-state index contributed by atoms with van der Waals surface area (Å²) in [6, 6.07) is 5.06. The largest absolute Gasteiger partial charge is 0.495 e. The summed E-state index contributed by atoms with van der Waals surface area (Å²) in [5.74, 6) is 0.450. The van der Waals surface area contributed by atoms with Gasteiger partial charge in [-0.05, 0) is 25.1 Å². The maximum atomic E-state index is 13.0. The molecule has 2 rings (SSSR count). The maximum absolute atomic E-state index is 13.0. The standard InChI is InChI=1S/C17H22ClFN2O5S/c1-3-24-6-7-25-14(27-19)9-20-17(22)15-16(26-10-21-15)11-4-5-13(23-2)12(18)8-11/h4-5,8,14,21H,3,6-7,9-10H2,1-2H3,(H,20,22). The van der Waals surface area contributed by atoms with Crippen molar-refractivity contribution in [3.8, 4) is 5.75 Å². The molecule has 1 aliphatic heterocycles. The molecule has 27 heavy (non-hydrogen) atoms. The molecule has 0 saturated heterocycles. The molecule has 0 spiro atoms. The quantitative estimate of drug-likeness (QED) is 0.421. The van der Waals surface area contributed by atoms with Crippen molar-refractivity contribution in [2.45, 2.75) is 12.4 Å². The molecule has 1 amide bonds. The molecule has 0 fully saturated rings. The summed E-state index contributed by atoms with van der Waals surface area (Å²) in [5, 5.41) is 5.89. The highest BCUT2D eigenvalue weighted by atomic mass is 35.5. The van der Waals surface area contributed by atoms with Crippen molar-refractivity contribution >= 4 is 35.4 Å². The van der Waals surface area contributed by atoms with E-state index in [0.29, 0.717) is 35.3 Å². The van der Waals surface area contributed by atoms with Crippen LogP contribution in [0, 0.1) is 0 Å². The number of amides is 1. The number of rotatable bonds is 11. The molecule has 1 unspecified atom stereocenters. The van der Waals surface area contributed by atoms with E-state index in [9.17, 15) is 8.68 Å². The number of benzene rings is 1. The van der Waals surface area contributed by atoms with Crippen molar-refractivity contribution in [3.05, 3.63) is 34.5 Å². The molecule has 150 valence electrons. The Kier molecular flexibility index (Phi) is 8.99. The Labute approximate surface area is 166 Å². The lowest BCUT2D eigenvalue weighted by atomic mass is 10.1. The number of hydrogen-bond acceptors (Lipinski definition) is 7. The number of ether oxygens (including phenoxy) is 4. The van der Waals surface area contributed by atoms with Crippen molar-refractivity contribution in [2.24, 2.45) is 0 Å². The highest BCUT2D eigenvalue weighted by Gasteiger charge is 2.25. The van der Waals surface area contributed by atoms with Crippen molar-refractivity contribution in [2.75, 3.05) is 40.2 Å². The summed E-state index contributed by atoms with van der Waals surface area (Å²) in [6.07, 6.45) is 0. The van der Waals surface area contributed by atoms with Crippen LogP contribution < -0.4 is 15.4 Å². The fourth-order valence-corrected chi connectivity index (χ4v) is 2.87. The summed E-state index contributed by atoms with van der Waals surface area (Å²) in [5.41, 5.74) is 0.0460. The molecule has 1 aliphatic rings. The average Bonchev–Trinajstić information content (AvgIpc) is 3.17. The van der Waals surface area contributed by atoms with Crippen molar-refractivity contribution in [1.82, 2.24) is 10.6 Å². The molecule has 1 atom stereocenters. The van der Waals surface area contributed by atoms with E-state index in [4.69, 9.17) is 30.5 Å². The molecular formula is C17H22ClFN2O5S. The zero-order valence-corrected chi connectivity index (χ0v) is 16.6. The number of carbonyl (C=O) groups excluding carboxylic acids is 1. The lowest BCUT2D eigenvalue weighted by molar-refractivity contribution is -0.118. The molecule has 2 N–H and O–H groups in total. The fourth-order valence-electron chi connectivity index (χ4n) is 2.31. The van der Waals surface area contributed by atoms with Gasteiger partial charge in [-0.1, -0.05) is 11.6 Å². The van der Waals surface area contributed by atoms with E-state index < -0.39 is 11.3 Å². The van der Waals surface area contributed by atoms with Crippen molar-refractivity contribution < 1.29 is 27.6 Å². The molecule has 0 bridgehead atoms. The number of methoxy groups -OCH3 is 1. The summed E-state index contributed by atoms with van der Waals surface area (Å²) < 4.78 is 34.0. The van der Waals surface area contributed by atoms with Crippen molar-refractivity contribution in [1.29, 1.82) is 0 Å². The van der Waals surface area contributed by atoms with Crippen LogP contribution in [0.25, 0.3) is 5.76 Å². The summed E-state index contributed by atoms with van der Waals surface area (Å²) in [7, 11) is 1.52. The average molecular weight is 421 g/mol. The minimum absolute atomic E-state index is 0.00600. The molecule has 0 aliphatic carbocycles. The monoisotopic (exact) mass is 420 g/mol. The molecule has 0 saturated carbocycles. The van der Waals surface area contributed by atoms with E-state index in [-0.39, 0.29) is 37.7 Å².